The minimum atomic E-state index is -0.508. The highest BCUT2D eigenvalue weighted by Gasteiger charge is 2.44. The van der Waals surface area contributed by atoms with E-state index in [1.165, 1.54) is 0 Å². The Hall–Kier alpha value is -2.67. The van der Waals surface area contributed by atoms with Crippen molar-refractivity contribution in [3.63, 3.8) is 0 Å². The fourth-order valence-electron chi connectivity index (χ4n) is 3.68. The van der Waals surface area contributed by atoms with Gasteiger partial charge >= 0.3 is 0 Å². The molecule has 2 N–H and O–H groups in total. The molecule has 27 heavy (non-hydrogen) atoms. The molecule has 0 bridgehead atoms. The van der Waals surface area contributed by atoms with Gasteiger partial charge in [-0.3, -0.25) is 4.79 Å². The number of aryl methyl sites for hydroxylation is 1. The van der Waals surface area contributed by atoms with E-state index in [1.54, 1.807) is 12.4 Å². The summed E-state index contributed by atoms with van der Waals surface area (Å²) in [6, 6.07) is 5.83. The number of morpholine rings is 1. The third-order valence-corrected chi connectivity index (χ3v) is 5.54. The van der Waals surface area contributed by atoms with Gasteiger partial charge in [-0.2, -0.15) is 0 Å². The first-order valence-corrected chi connectivity index (χ1v) is 9.32. The molecule has 2 aliphatic rings. The van der Waals surface area contributed by atoms with Crippen molar-refractivity contribution < 1.29 is 14.3 Å². The number of hydrogen-bond acceptors (Lipinski definition) is 6. The number of primary amides is 1. The second kappa shape index (κ2) is 7.15. The molecule has 142 valence electrons. The molecule has 7 nitrogen and oxygen atoms in total. The molecule has 0 radical (unpaired) electrons. The SMILES string of the molecule is Cc1cc(C2(C(N)=O)CCC2)ccc1Oc1cnc(N2CCOCC2)nc1. The highest BCUT2D eigenvalue weighted by molar-refractivity contribution is 5.87. The number of aromatic nitrogens is 2. The first-order chi connectivity index (χ1) is 13.1. The first-order valence-electron chi connectivity index (χ1n) is 9.32. The molecule has 1 amide bonds. The molecule has 0 spiro atoms. The molecule has 7 heteroatoms. The normalized spacial score (nSPS) is 18.6. The minimum Gasteiger partial charge on any atom is -0.454 e. The van der Waals surface area contributed by atoms with Crippen LogP contribution in [0.5, 0.6) is 11.5 Å². The van der Waals surface area contributed by atoms with E-state index in [9.17, 15) is 4.79 Å². The van der Waals surface area contributed by atoms with Crippen LogP contribution in [-0.4, -0.2) is 42.2 Å². The topological polar surface area (TPSA) is 90.6 Å². The van der Waals surface area contributed by atoms with Crippen molar-refractivity contribution >= 4 is 11.9 Å². The van der Waals surface area contributed by atoms with Gasteiger partial charge in [0.1, 0.15) is 5.75 Å². The van der Waals surface area contributed by atoms with E-state index < -0.39 is 5.41 Å². The number of ether oxygens (including phenoxy) is 2. The molecule has 1 saturated heterocycles. The lowest BCUT2D eigenvalue weighted by molar-refractivity contribution is -0.126. The van der Waals surface area contributed by atoms with Gasteiger partial charge < -0.3 is 20.1 Å². The molecule has 2 fully saturated rings. The minimum absolute atomic E-state index is 0.242. The molecule has 1 aromatic carbocycles. The fourth-order valence-corrected chi connectivity index (χ4v) is 3.68. The largest absolute Gasteiger partial charge is 0.454 e. The Morgan fingerprint density at radius 3 is 2.48 bits per heavy atom. The maximum absolute atomic E-state index is 11.9. The predicted octanol–water partition coefficient (Wildman–Crippen LogP) is 2.32. The summed E-state index contributed by atoms with van der Waals surface area (Å²) < 4.78 is 11.3. The summed E-state index contributed by atoms with van der Waals surface area (Å²) in [5.74, 6) is 1.75. The van der Waals surface area contributed by atoms with E-state index >= 15 is 0 Å². The van der Waals surface area contributed by atoms with Crippen LogP contribution in [0.15, 0.2) is 30.6 Å². The lowest BCUT2D eigenvalue weighted by Crippen LogP contribution is -2.46. The van der Waals surface area contributed by atoms with Crippen LogP contribution >= 0.6 is 0 Å². The number of anilines is 1. The van der Waals surface area contributed by atoms with Gasteiger partial charge in [-0.1, -0.05) is 18.6 Å². The average molecular weight is 368 g/mol. The van der Waals surface area contributed by atoms with Crippen molar-refractivity contribution in [3.8, 4) is 11.5 Å². The van der Waals surface area contributed by atoms with Crippen LogP contribution in [0.2, 0.25) is 0 Å². The highest BCUT2D eigenvalue weighted by Crippen LogP contribution is 2.44. The Morgan fingerprint density at radius 1 is 1.22 bits per heavy atom. The molecule has 4 rings (SSSR count). The molecule has 2 aromatic rings. The Bertz CT molecular complexity index is 828. The number of hydrogen-bond donors (Lipinski definition) is 1. The number of carbonyl (C=O) groups excluding carboxylic acids is 1. The van der Waals surface area contributed by atoms with Crippen molar-refractivity contribution in [3.05, 3.63) is 41.7 Å². The number of amides is 1. The van der Waals surface area contributed by atoms with Crippen LogP contribution in [0.1, 0.15) is 30.4 Å². The van der Waals surface area contributed by atoms with Gasteiger partial charge in [0.25, 0.3) is 0 Å². The van der Waals surface area contributed by atoms with E-state index in [4.69, 9.17) is 15.2 Å². The van der Waals surface area contributed by atoms with Crippen molar-refractivity contribution in [2.75, 3.05) is 31.2 Å². The zero-order valence-electron chi connectivity index (χ0n) is 15.5. The average Bonchev–Trinajstić information content (AvgIpc) is 2.64. The summed E-state index contributed by atoms with van der Waals surface area (Å²) in [4.78, 5) is 22.8. The lowest BCUT2D eigenvalue weighted by Gasteiger charge is -2.39. The summed E-state index contributed by atoms with van der Waals surface area (Å²) in [7, 11) is 0. The number of nitrogens with zero attached hydrogens (tertiary/aromatic N) is 3. The van der Waals surface area contributed by atoms with Gasteiger partial charge in [0.15, 0.2) is 5.75 Å². The predicted molar refractivity (Wildman–Crippen MR) is 101 cm³/mol. The van der Waals surface area contributed by atoms with Crippen LogP contribution in [0, 0.1) is 6.92 Å². The first kappa shape index (κ1) is 17.7. The summed E-state index contributed by atoms with van der Waals surface area (Å²) in [5.41, 5.74) is 7.08. The van der Waals surface area contributed by atoms with Gasteiger partial charge in [-0.25, -0.2) is 9.97 Å². The van der Waals surface area contributed by atoms with Crippen LogP contribution in [-0.2, 0) is 14.9 Å². The van der Waals surface area contributed by atoms with E-state index in [2.05, 4.69) is 14.9 Å². The summed E-state index contributed by atoms with van der Waals surface area (Å²) in [6.07, 6.45) is 6.04. The van der Waals surface area contributed by atoms with Crippen molar-refractivity contribution in [2.45, 2.75) is 31.6 Å². The van der Waals surface area contributed by atoms with Gasteiger partial charge in [-0.15, -0.1) is 0 Å². The third kappa shape index (κ3) is 3.35. The summed E-state index contributed by atoms with van der Waals surface area (Å²) in [6.45, 7) is 4.94. The van der Waals surface area contributed by atoms with Crippen LogP contribution in [0.4, 0.5) is 5.95 Å². The molecular formula is C20H24N4O3. The Labute approximate surface area is 158 Å². The number of nitrogens with two attached hydrogens (primary N) is 1. The highest BCUT2D eigenvalue weighted by atomic mass is 16.5. The van der Waals surface area contributed by atoms with Crippen molar-refractivity contribution in [1.82, 2.24) is 9.97 Å². The fraction of sp³-hybridized carbons (Fsp3) is 0.450. The number of carbonyl (C=O) groups is 1. The number of rotatable bonds is 5. The zero-order chi connectivity index (χ0) is 18.9. The molecule has 0 atom stereocenters. The second-order valence-corrected chi connectivity index (χ2v) is 7.20. The van der Waals surface area contributed by atoms with Gasteiger partial charge in [0, 0.05) is 13.1 Å². The maximum atomic E-state index is 11.9. The quantitative estimate of drug-likeness (QED) is 0.871. The maximum Gasteiger partial charge on any atom is 0.228 e. The third-order valence-electron chi connectivity index (χ3n) is 5.54. The molecule has 1 aromatic heterocycles. The molecule has 1 aliphatic heterocycles. The monoisotopic (exact) mass is 368 g/mol. The molecule has 1 saturated carbocycles. The Balaban J connectivity index is 1.48. The van der Waals surface area contributed by atoms with Crippen LogP contribution in [0.3, 0.4) is 0 Å². The van der Waals surface area contributed by atoms with Crippen molar-refractivity contribution in [1.29, 1.82) is 0 Å². The number of benzene rings is 1. The molecule has 0 unspecified atom stereocenters. The van der Waals surface area contributed by atoms with Gasteiger partial charge in [-0.05, 0) is 37.0 Å². The van der Waals surface area contributed by atoms with E-state index in [0.717, 1.165) is 49.2 Å². The molecule has 1 aliphatic carbocycles. The zero-order valence-corrected chi connectivity index (χ0v) is 15.5. The smallest absolute Gasteiger partial charge is 0.228 e. The summed E-state index contributed by atoms with van der Waals surface area (Å²) in [5, 5.41) is 0. The summed E-state index contributed by atoms with van der Waals surface area (Å²) >= 11 is 0. The Kier molecular flexibility index (Phi) is 4.70. The van der Waals surface area contributed by atoms with Gasteiger partial charge in [0.05, 0.1) is 31.0 Å². The standard InChI is InChI=1S/C20H24N4O3/c1-14-11-15(20(18(21)25)5-2-6-20)3-4-17(14)27-16-12-22-19(23-13-16)24-7-9-26-10-8-24/h3-4,11-13H,2,5-10H2,1H3,(H2,21,25). The van der Waals surface area contributed by atoms with Crippen molar-refractivity contribution in [2.24, 2.45) is 5.73 Å². The van der Waals surface area contributed by atoms with E-state index in [0.29, 0.717) is 24.9 Å². The Morgan fingerprint density at radius 2 is 1.93 bits per heavy atom. The van der Waals surface area contributed by atoms with E-state index in [-0.39, 0.29) is 5.91 Å². The molecule has 2 heterocycles. The van der Waals surface area contributed by atoms with E-state index in [1.807, 2.05) is 25.1 Å². The van der Waals surface area contributed by atoms with Crippen LogP contribution < -0.4 is 15.4 Å². The lowest BCUT2D eigenvalue weighted by atomic mass is 9.64. The van der Waals surface area contributed by atoms with Gasteiger partial charge in [0.2, 0.25) is 11.9 Å². The second-order valence-electron chi connectivity index (χ2n) is 7.20. The molecular weight excluding hydrogens is 344 g/mol. The van der Waals surface area contributed by atoms with Crippen LogP contribution in [0.25, 0.3) is 0 Å².